The Morgan fingerprint density at radius 1 is 1.16 bits per heavy atom. The molecule has 2 aromatic rings. The average Bonchev–Trinajstić information content (AvgIpc) is 3.16. The highest BCUT2D eigenvalue weighted by molar-refractivity contribution is 7.85. The van der Waals surface area contributed by atoms with E-state index in [2.05, 4.69) is 10.2 Å². The molecule has 2 fully saturated rings. The molecule has 0 bridgehead atoms. The number of hydrogen-bond acceptors (Lipinski definition) is 7. The van der Waals surface area contributed by atoms with Crippen LogP contribution in [0.25, 0.3) is 0 Å². The molecule has 0 radical (unpaired) electrons. The van der Waals surface area contributed by atoms with Gasteiger partial charge in [-0.25, -0.2) is 4.98 Å². The molecule has 3 aliphatic rings. The predicted molar refractivity (Wildman–Crippen MR) is 121 cm³/mol. The van der Waals surface area contributed by atoms with Crippen molar-refractivity contribution in [3.8, 4) is 0 Å². The third-order valence-electron chi connectivity index (χ3n) is 6.49. The van der Waals surface area contributed by atoms with E-state index < -0.39 is 16.4 Å². The van der Waals surface area contributed by atoms with Gasteiger partial charge in [-0.3, -0.25) is 4.21 Å². The molecule has 31 heavy (non-hydrogen) atoms. The molecular weight excluding hydrogens is 436 g/mol. The summed E-state index contributed by atoms with van der Waals surface area (Å²) in [7, 11) is -1.05. The molecule has 0 aliphatic carbocycles. The maximum atomic E-state index is 12.6. The molecule has 0 amide bonds. The number of nitrogens with one attached hydrogen (secondary N) is 1. The molecule has 0 spiro atoms. The molecule has 1 unspecified atom stereocenters. The maximum Gasteiger partial charge on any atom is 0.227 e. The monoisotopic (exact) mass is 462 g/mol. The van der Waals surface area contributed by atoms with Crippen LogP contribution in [0.3, 0.4) is 0 Å². The highest BCUT2D eigenvalue weighted by Crippen LogP contribution is 2.36. The second-order valence-electron chi connectivity index (χ2n) is 8.50. The summed E-state index contributed by atoms with van der Waals surface area (Å²) in [5.41, 5.74) is 0.905. The standard InChI is InChI=1S/C22H27ClN4O3S/c23-16-3-1-15(2-4-16)22(28)8-10-27(11-9-22)21-25-18-7-14-31(29)19(18)20(26-21)24-17-5-12-30-13-6-17/h1-4,17,28H,5-14H2,(H,24,25,26). The van der Waals surface area contributed by atoms with Crippen LogP contribution < -0.4 is 10.2 Å². The summed E-state index contributed by atoms with van der Waals surface area (Å²) in [6.07, 6.45) is 3.72. The van der Waals surface area contributed by atoms with Crippen molar-refractivity contribution >= 4 is 34.2 Å². The molecule has 3 aliphatic heterocycles. The Kier molecular flexibility index (Phi) is 5.90. The van der Waals surface area contributed by atoms with Gasteiger partial charge in [-0.1, -0.05) is 23.7 Å². The lowest BCUT2D eigenvalue weighted by molar-refractivity contribution is 0.0115. The number of ether oxygens (including phenoxy) is 1. The molecule has 1 atom stereocenters. The van der Waals surface area contributed by atoms with Crippen LogP contribution in [0, 0.1) is 0 Å². The van der Waals surface area contributed by atoms with Gasteiger partial charge < -0.3 is 20.1 Å². The summed E-state index contributed by atoms with van der Waals surface area (Å²) in [6.45, 7) is 2.77. The van der Waals surface area contributed by atoms with Crippen molar-refractivity contribution in [2.24, 2.45) is 0 Å². The second-order valence-corrected chi connectivity index (χ2v) is 10.4. The van der Waals surface area contributed by atoms with Gasteiger partial charge in [0, 0.05) is 49.5 Å². The van der Waals surface area contributed by atoms with Crippen LogP contribution in [0.5, 0.6) is 0 Å². The van der Waals surface area contributed by atoms with Gasteiger partial charge in [0.05, 0.1) is 22.1 Å². The molecule has 7 nitrogen and oxygen atoms in total. The lowest BCUT2D eigenvalue weighted by atomic mass is 9.84. The van der Waals surface area contributed by atoms with Crippen LogP contribution in [-0.2, 0) is 27.6 Å². The van der Waals surface area contributed by atoms with E-state index in [1.54, 1.807) is 0 Å². The number of hydrogen-bond donors (Lipinski definition) is 2. The Morgan fingerprint density at radius 3 is 2.58 bits per heavy atom. The van der Waals surface area contributed by atoms with E-state index in [1.807, 2.05) is 24.3 Å². The average molecular weight is 463 g/mol. The number of halogens is 1. The van der Waals surface area contributed by atoms with Gasteiger partial charge >= 0.3 is 0 Å². The molecule has 9 heteroatoms. The number of piperidine rings is 1. The minimum Gasteiger partial charge on any atom is -0.385 e. The van der Waals surface area contributed by atoms with E-state index in [4.69, 9.17) is 26.3 Å². The third kappa shape index (κ3) is 4.31. The zero-order valence-electron chi connectivity index (χ0n) is 17.3. The van der Waals surface area contributed by atoms with Crippen molar-refractivity contribution in [1.29, 1.82) is 0 Å². The van der Waals surface area contributed by atoms with Crippen LogP contribution >= 0.6 is 11.6 Å². The summed E-state index contributed by atoms with van der Waals surface area (Å²) < 4.78 is 18.1. The van der Waals surface area contributed by atoms with Crippen molar-refractivity contribution in [1.82, 2.24) is 9.97 Å². The molecule has 2 saturated heterocycles. The van der Waals surface area contributed by atoms with Crippen molar-refractivity contribution < 1.29 is 14.1 Å². The fourth-order valence-corrected chi connectivity index (χ4v) is 6.02. The fourth-order valence-electron chi connectivity index (χ4n) is 4.58. The molecule has 2 N–H and O–H groups in total. The Hall–Kier alpha value is -1.74. The van der Waals surface area contributed by atoms with Gasteiger partial charge in [0.25, 0.3) is 0 Å². The first-order valence-corrected chi connectivity index (χ1v) is 12.6. The van der Waals surface area contributed by atoms with Crippen LogP contribution in [0.15, 0.2) is 29.2 Å². The second kappa shape index (κ2) is 8.65. The number of nitrogens with zero attached hydrogens (tertiary/aromatic N) is 3. The number of aromatic nitrogens is 2. The first kappa shape index (κ1) is 21.1. The molecule has 0 saturated carbocycles. The van der Waals surface area contributed by atoms with E-state index in [9.17, 15) is 9.32 Å². The topological polar surface area (TPSA) is 87.6 Å². The van der Waals surface area contributed by atoms with E-state index in [-0.39, 0.29) is 6.04 Å². The molecule has 4 heterocycles. The summed E-state index contributed by atoms with van der Waals surface area (Å²) >= 11 is 6.00. The minimum atomic E-state index is -1.05. The first-order chi connectivity index (χ1) is 15.0. The van der Waals surface area contributed by atoms with Gasteiger partial charge in [0.2, 0.25) is 5.95 Å². The lowest BCUT2D eigenvalue weighted by Crippen LogP contribution is -2.43. The van der Waals surface area contributed by atoms with Crippen LogP contribution in [0.2, 0.25) is 5.02 Å². The molecule has 5 rings (SSSR count). The zero-order chi connectivity index (χ0) is 21.4. The van der Waals surface area contributed by atoms with Gasteiger partial charge in [0.15, 0.2) is 0 Å². The largest absolute Gasteiger partial charge is 0.385 e. The summed E-state index contributed by atoms with van der Waals surface area (Å²) in [5.74, 6) is 1.97. The summed E-state index contributed by atoms with van der Waals surface area (Å²) in [5, 5.41) is 15.4. The van der Waals surface area contributed by atoms with Gasteiger partial charge in [0.1, 0.15) is 10.7 Å². The van der Waals surface area contributed by atoms with E-state index >= 15 is 0 Å². The Bertz CT molecular complexity index is 973. The number of rotatable bonds is 4. The highest BCUT2D eigenvalue weighted by atomic mass is 35.5. The molecule has 1 aromatic heterocycles. The lowest BCUT2D eigenvalue weighted by Gasteiger charge is -2.38. The quantitative estimate of drug-likeness (QED) is 0.722. The number of anilines is 2. The number of aryl methyl sites for hydroxylation is 1. The van der Waals surface area contributed by atoms with Crippen LogP contribution in [0.1, 0.15) is 36.9 Å². The van der Waals surface area contributed by atoms with Crippen LogP contribution in [0.4, 0.5) is 11.8 Å². The van der Waals surface area contributed by atoms with Crippen molar-refractivity contribution in [2.75, 3.05) is 42.3 Å². The predicted octanol–water partition coefficient (Wildman–Crippen LogP) is 2.87. The highest BCUT2D eigenvalue weighted by Gasteiger charge is 2.36. The minimum absolute atomic E-state index is 0.273. The van der Waals surface area contributed by atoms with Gasteiger partial charge in [-0.05, 0) is 43.4 Å². The first-order valence-electron chi connectivity index (χ1n) is 10.9. The molecular formula is C22H27ClN4O3S. The number of benzene rings is 1. The zero-order valence-corrected chi connectivity index (χ0v) is 18.9. The normalized spacial score (nSPS) is 23.5. The number of fused-ring (bicyclic) bond motifs is 1. The van der Waals surface area contributed by atoms with Gasteiger partial charge in [-0.15, -0.1) is 0 Å². The van der Waals surface area contributed by atoms with Crippen molar-refractivity contribution in [3.05, 3.63) is 40.5 Å². The van der Waals surface area contributed by atoms with E-state index in [1.165, 1.54) is 0 Å². The van der Waals surface area contributed by atoms with E-state index in [0.717, 1.165) is 42.2 Å². The SMILES string of the molecule is O=S1CCc2nc(N3CCC(O)(c4ccc(Cl)cc4)CC3)nc(NC3CCOCC3)c21. The Morgan fingerprint density at radius 2 is 1.87 bits per heavy atom. The summed E-state index contributed by atoms with van der Waals surface area (Å²) in [6, 6.07) is 7.71. The maximum absolute atomic E-state index is 12.6. The van der Waals surface area contributed by atoms with Crippen LogP contribution in [-0.4, -0.2) is 57.4 Å². The Labute approximate surface area is 189 Å². The smallest absolute Gasteiger partial charge is 0.227 e. The molecule has 1 aromatic carbocycles. The van der Waals surface area contributed by atoms with Crippen molar-refractivity contribution in [2.45, 2.75) is 48.6 Å². The van der Waals surface area contributed by atoms with Crippen molar-refractivity contribution in [3.63, 3.8) is 0 Å². The summed E-state index contributed by atoms with van der Waals surface area (Å²) in [4.78, 5) is 12.5. The third-order valence-corrected chi connectivity index (χ3v) is 8.20. The molecule has 166 valence electrons. The fraction of sp³-hybridized carbons (Fsp3) is 0.545. The Balaban J connectivity index is 1.36. The van der Waals surface area contributed by atoms with E-state index in [0.29, 0.717) is 54.9 Å². The number of aliphatic hydroxyl groups is 1. The van der Waals surface area contributed by atoms with Gasteiger partial charge in [-0.2, -0.15) is 4.98 Å².